The van der Waals surface area contributed by atoms with Gasteiger partial charge in [-0.1, -0.05) is 140 Å². The van der Waals surface area contributed by atoms with E-state index in [1.165, 1.54) is 167 Å². The van der Waals surface area contributed by atoms with Crippen LogP contribution in [-0.4, -0.2) is 5.78 Å². The molecule has 0 aliphatic heterocycles. The van der Waals surface area contributed by atoms with Crippen molar-refractivity contribution < 1.29 is 4.79 Å². The van der Waals surface area contributed by atoms with Crippen LogP contribution >= 0.6 is 0 Å². The number of carbonyl (C=O) groups excluding carboxylic acids is 1. The second kappa shape index (κ2) is 34.9. The Hall–Kier alpha value is -1.11. The van der Waals surface area contributed by atoms with Crippen LogP contribution in [0.4, 0.5) is 0 Å². The maximum atomic E-state index is 11.3. The summed E-state index contributed by atoms with van der Waals surface area (Å²) in [6.07, 6.45) is 52.2. The zero-order valence-corrected chi connectivity index (χ0v) is 26.9. The normalized spacial score (nSPS) is 12.1. The highest BCUT2D eigenvalue weighted by Gasteiger charge is 1.97. The van der Waals surface area contributed by atoms with E-state index in [1.54, 1.807) is 0 Å². The van der Waals surface area contributed by atoms with Crippen molar-refractivity contribution in [2.24, 2.45) is 0 Å². The third kappa shape index (κ3) is 34.9. The highest BCUT2D eigenvalue weighted by atomic mass is 16.1. The van der Waals surface area contributed by atoms with Gasteiger partial charge in [-0.15, -0.1) is 0 Å². The molecule has 0 rings (SSSR count). The molecule has 1 heteroatoms. The van der Waals surface area contributed by atoms with Gasteiger partial charge < -0.3 is 0 Å². The van der Waals surface area contributed by atoms with E-state index < -0.39 is 0 Å². The zero-order valence-electron chi connectivity index (χ0n) is 26.9. The summed E-state index contributed by atoms with van der Waals surface area (Å²) in [4.78, 5) is 11.3. The average Bonchev–Trinajstić information content (AvgIpc) is 2.95. The fraction of sp³-hybridized carbons (Fsp3) is 0.816. The largest absolute Gasteiger partial charge is 0.300 e. The molecule has 0 bridgehead atoms. The lowest BCUT2D eigenvalue weighted by Crippen LogP contribution is -1.93. The van der Waals surface area contributed by atoms with E-state index in [0.29, 0.717) is 12.2 Å². The first-order valence-corrected chi connectivity index (χ1v) is 17.8. The van der Waals surface area contributed by atoms with Gasteiger partial charge in [0.2, 0.25) is 0 Å². The standard InChI is InChI=1S/C38H70O/c1-3-5-6-7-8-9-10-11-12-13-14-15-16-17-18-19-20-21-22-23-24-25-26-27-28-29-30-31-32-33-34-35-36-37-38(39)4-2/h17-18,24-25,31-32H,3-16,19-23,26-30,33-37H2,1-2H3. The van der Waals surface area contributed by atoms with Gasteiger partial charge in [0.15, 0.2) is 0 Å². The monoisotopic (exact) mass is 543 g/mol. The molecular weight excluding hydrogens is 472 g/mol. The van der Waals surface area contributed by atoms with Crippen molar-refractivity contribution in [3.8, 4) is 0 Å². The smallest absolute Gasteiger partial charge is 0.132 e. The fourth-order valence-electron chi connectivity index (χ4n) is 5.15. The molecule has 0 radical (unpaired) electrons. The van der Waals surface area contributed by atoms with E-state index >= 15 is 0 Å². The first-order chi connectivity index (χ1) is 19.3. The molecule has 0 unspecified atom stereocenters. The van der Waals surface area contributed by atoms with Crippen molar-refractivity contribution in [2.75, 3.05) is 0 Å². The molecule has 0 aromatic heterocycles. The number of unbranched alkanes of at least 4 members (excludes halogenated alkanes) is 23. The highest BCUT2D eigenvalue weighted by Crippen LogP contribution is 2.13. The maximum absolute atomic E-state index is 11.3. The van der Waals surface area contributed by atoms with Gasteiger partial charge >= 0.3 is 0 Å². The lowest BCUT2D eigenvalue weighted by atomic mass is 10.0. The van der Waals surface area contributed by atoms with E-state index in [0.717, 1.165) is 12.8 Å². The number of Topliss-reactive ketones (excluding diaryl/α,β-unsaturated/α-hetero) is 1. The molecule has 0 saturated carbocycles. The fourth-order valence-corrected chi connectivity index (χ4v) is 5.15. The third-order valence-corrected chi connectivity index (χ3v) is 7.93. The number of ketones is 1. The van der Waals surface area contributed by atoms with Crippen LogP contribution in [-0.2, 0) is 4.79 Å². The van der Waals surface area contributed by atoms with Gasteiger partial charge in [0.25, 0.3) is 0 Å². The number of allylic oxidation sites excluding steroid dienone is 6. The predicted molar refractivity (Wildman–Crippen MR) is 178 cm³/mol. The Morgan fingerprint density at radius 2 is 0.615 bits per heavy atom. The van der Waals surface area contributed by atoms with Crippen LogP contribution in [0, 0.1) is 0 Å². The maximum Gasteiger partial charge on any atom is 0.132 e. The molecule has 0 N–H and O–H groups in total. The molecule has 0 saturated heterocycles. The molecule has 39 heavy (non-hydrogen) atoms. The van der Waals surface area contributed by atoms with Crippen molar-refractivity contribution >= 4 is 5.78 Å². The summed E-state index contributed by atoms with van der Waals surface area (Å²) in [7, 11) is 0. The van der Waals surface area contributed by atoms with Crippen LogP contribution in [0.1, 0.15) is 200 Å². The summed E-state index contributed by atoms with van der Waals surface area (Å²) in [5, 5.41) is 0. The Labute approximate surface area is 246 Å². The van der Waals surface area contributed by atoms with Crippen LogP contribution in [0.3, 0.4) is 0 Å². The molecular formula is C38H70O. The van der Waals surface area contributed by atoms with Crippen molar-refractivity contribution in [1.82, 2.24) is 0 Å². The Bertz CT molecular complexity index is 555. The van der Waals surface area contributed by atoms with E-state index in [4.69, 9.17) is 0 Å². The Morgan fingerprint density at radius 3 is 0.923 bits per heavy atom. The molecule has 0 aromatic rings. The second-order valence-corrected chi connectivity index (χ2v) is 11.9. The van der Waals surface area contributed by atoms with Gasteiger partial charge in [-0.25, -0.2) is 0 Å². The summed E-state index contributed by atoms with van der Waals surface area (Å²) >= 11 is 0. The molecule has 0 atom stereocenters. The molecule has 0 aliphatic carbocycles. The quantitative estimate of drug-likeness (QED) is 0.0610. The summed E-state index contributed by atoms with van der Waals surface area (Å²) in [5.41, 5.74) is 0. The lowest BCUT2D eigenvalue weighted by Gasteiger charge is -2.02. The van der Waals surface area contributed by atoms with Crippen molar-refractivity contribution in [3.05, 3.63) is 36.5 Å². The van der Waals surface area contributed by atoms with Gasteiger partial charge in [-0.3, -0.25) is 4.79 Å². The number of hydrogen-bond acceptors (Lipinski definition) is 1. The summed E-state index contributed by atoms with van der Waals surface area (Å²) in [6, 6.07) is 0. The highest BCUT2D eigenvalue weighted by molar-refractivity contribution is 5.77. The van der Waals surface area contributed by atoms with E-state index in [2.05, 4.69) is 43.4 Å². The molecule has 0 amide bonds. The minimum atomic E-state index is 0.416. The molecule has 0 aromatic carbocycles. The third-order valence-electron chi connectivity index (χ3n) is 7.93. The van der Waals surface area contributed by atoms with Crippen LogP contribution in [0.2, 0.25) is 0 Å². The minimum Gasteiger partial charge on any atom is -0.300 e. The first-order valence-electron chi connectivity index (χ1n) is 17.8. The summed E-state index contributed by atoms with van der Waals surface area (Å²) in [5.74, 6) is 0.416. The zero-order chi connectivity index (χ0) is 28.3. The summed E-state index contributed by atoms with van der Waals surface area (Å²) < 4.78 is 0. The first kappa shape index (κ1) is 37.9. The Kier molecular flexibility index (Phi) is 33.9. The van der Waals surface area contributed by atoms with Crippen LogP contribution < -0.4 is 0 Å². The van der Waals surface area contributed by atoms with E-state index in [9.17, 15) is 4.79 Å². The van der Waals surface area contributed by atoms with Crippen LogP contribution in [0.5, 0.6) is 0 Å². The lowest BCUT2D eigenvalue weighted by molar-refractivity contribution is -0.118. The molecule has 0 fully saturated rings. The van der Waals surface area contributed by atoms with E-state index in [1.807, 2.05) is 6.92 Å². The van der Waals surface area contributed by atoms with Gasteiger partial charge in [0.05, 0.1) is 0 Å². The van der Waals surface area contributed by atoms with Crippen LogP contribution in [0.15, 0.2) is 36.5 Å². The van der Waals surface area contributed by atoms with Crippen molar-refractivity contribution in [3.63, 3.8) is 0 Å². The molecule has 0 aliphatic rings. The molecule has 1 nitrogen and oxygen atoms in total. The Morgan fingerprint density at radius 1 is 0.359 bits per heavy atom. The average molecular weight is 543 g/mol. The van der Waals surface area contributed by atoms with Gasteiger partial charge in [-0.05, 0) is 83.5 Å². The van der Waals surface area contributed by atoms with Gasteiger partial charge in [0.1, 0.15) is 5.78 Å². The van der Waals surface area contributed by atoms with Gasteiger partial charge in [-0.2, -0.15) is 0 Å². The second-order valence-electron chi connectivity index (χ2n) is 11.9. The molecule has 228 valence electrons. The van der Waals surface area contributed by atoms with Gasteiger partial charge in [0, 0.05) is 12.8 Å². The molecule has 0 spiro atoms. The number of carbonyl (C=O) groups is 1. The molecule has 0 heterocycles. The minimum absolute atomic E-state index is 0.416. The van der Waals surface area contributed by atoms with E-state index in [-0.39, 0.29) is 0 Å². The Balaban J connectivity index is 3.21. The SMILES string of the molecule is CCCCCCCCCCCCCCC=CCCCCCC=CCCCCCC=CCCCCCC(=O)CC. The number of rotatable bonds is 32. The predicted octanol–water partition coefficient (Wildman–Crippen LogP) is 13.6. The topological polar surface area (TPSA) is 17.1 Å². The number of hydrogen-bond donors (Lipinski definition) is 0. The summed E-state index contributed by atoms with van der Waals surface area (Å²) in [6.45, 7) is 4.26. The van der Waals surface area contributed by atoms with Crippen molar-refractivity contribution in [2.45, 2.75) is 200 Å². The van der Waals surface area contributed by atoms with Crippen molar-refractivity contribution in [1.29, 1.82) is 0 Å². The van der Waals surface area contributed by atoms with Crippen LogP contribution in [0.25, 0.3) is 0 Å².